The summed E-state index contributed by atoms with van der Waals surface area (Å²) in [5, 5.41) is 7.37. The van der Waals surface area contributed by atoms with Gasteiger partial charge >= 0.3 is 0 Å². The third kappa shape index (κ3) is 5.20. The van der Waals surface area contributed by atoms with Gasteiger partial charge in [-0.2, -0.15) is 0 Å². The molecule has 0 aliphatic rings. The number of nitrogens with one attached hydrogen (secondary N) is 2. The van der Waals surface area contributed by atoms with Crippen LogP contribution < -0.4 is 10.6 Å². The van der Waals surface area contributed by atoms with E-state index in [0.717, 1.165) is 11.3 Å². The molecular formula is C16H17ClN2O2S2. The van der Waals surface area contributed by atoms with Crippen LogP contribution in [0, 0.1) is 0 Å². The molecule has 2 rings (SSSR count). The summed E-state index contributed by atoms with van der Waals surface area (Å²) in [4.78, 5) is 0.301. The molecule has 0 bridgehead atoms. The Morgan fingerprint density at radius 3 is 2.17 bits per heavy atom. The van der Waals surface area contributed by atoms with E-state index in [2.05, 4.69) is 10.6 Å². The number of benzene rings is 2. The molecule has 0 saturated carbocycles. The van der Waals surface area contributed by atoms with Crippen molar-refractivity contribution in [3.8, 4) is 0 Å². The first-order valence-corrected chi connectivity index (χ1v) is 9.56. The minimum atomic E-state index is -3.18. The van der Waals surface area contributed by atoms with E-state index < -0.39 is 9.84 Å². The minimum Gasteiger partial charge on any atom is -0.356 e. The molecule has 1 atom stereocenters. The maximum absolute atomic E-state index is 11.5. The second-order valence-electron chi connectivity index (χ2n) is 5.17. The first-order valence-electron chi connectivity index (χ1n) is 6.89. The summed E-state index contributed by atoms with van der Waals surface area (Å²) in [6.07, 6.45) is 1.19. The van der Waals surface area contributed by atoms with E-state index in [1.54, 1.807) is 36.4 Å². The number of rotatable bonds is 4. The highest BCUT2D eigenvalue weighted by atomic mass is 35.5. The third-order valence-electron chi connectivity index (χ3n) is 3.26. The fraction of sp³-hybridized carbons (Fsp3) is 0.188. The van der Waals surface area contributed by atoms with Crippen LogP contribution in [0.25, 0.3) is 0 Å². The summed E-state index contributed by atoms with van der Waals surface area (Å²) in [5.41, 5.74) is 1.78. The van der Waals surface area contributed by atoms with Crippen LogP contribution in [0.3, 0.4) is 0 Å². The number of thiocarbonyl (C=S) groups is 1. The molecule has 122 valence electrons. The van der Waals surface area contributed by atoms with Gasteiger partial charge in [-0.1, -0.05) is 23.7 Å². The van der Waals surface area contributed by atoms with Crippen molar-refractivity contribution in [2.45, 2.75) is 17.9 Å². The number of halogens is 1. The zero-order valence-corrected chi connectivity index (χ0v) is 15.1. The lowest BCUT2D eigenvalue weighted by atomic mass is 10.1. The Hall–Kier alpha value is -1.63. The maximum atomic E-state index is 11.5. The van der Waals surface area contributed by atoms with Gasteiger partial charge in [0.15, 0.2) is 14.9 Å². The van der Waals surface area contributed by atoms with Gasteiger partial charge in [-0.05, 0) is 61.1 Å². The Kier molecular flexibility index (Phi) is 5.62. The second kappa shape index (κ2) is 7.29. The van der Waals surface area contributed by atoms with Crippen LogP contribution in [0.5, 0.6) is 0 Å². The molecule has 0 aromatic heterocycles. The Morgan fingerprint density at radius 1 is 1.09 bits per heavy atom. The molecule has 2 aromatic rings. The molecule has 4 nitrogen and oxygen atoms in total. The van der Waals surface area contributed by atoms with Crippen LogP contribution in [0.1, 0.15) is 18.5 Å². The van der Waals surface area contributed by atoms with Crippen LogP contribution >= 0.6 is 23.8 Å². The Morgan fingerprint density at radius 2 is 1.65 bits per heavy atom. The van der Waals surface area contributed by atoms with Crippen molar-refractivity contribution < 1.29 is 8.42 Å². The number of hydrogen-bond acceptors (Lipinski definition) is 3. The van der Waals surface area contributed by atoms with Crippen molar-refractivity contribution in [2.75, 3.05) is 11.6 Å². The first-order chi connectivity index (χ1) is 10.8. The highest BCUT2D eigenvalue weighted by Crippen LogP contribution is 2.17. The smallest absolute Gasteiger partial charge is 0.175 e. The lowest BCUT2D eigenvalue weighted by molar-refractivity contribution is 0.601. The van der Waals surface area contributed by atoms with Crippen molar-refractivity contribution in [1.29, 1.82) is 0 Å². The molecular weight excluding hydrogens is 352 g/mol. The fourth-order valence-corrected chi connectivity index (χ4v) is 3.04. The molecule has 0 radical (unpaired) electrons. The van der Waals surface area contributed by atoms with Gasteiger partial charge in [0.05, 0.1) is 10.9 Å². The van der Waals surface area contributed by atoms with Crippen molar-refractivity contribution in [3.05, 3.63) is 59.1 Å². The predicted molar refractivity (Wildman–Crippen MR) is 98.8 cm³/mol. The van der Waals surface area contributed by atoms with Gasteiger partial charge in [-0.3, -0.25) is 0 Å². The Bertz CT molecular complexity index is 788. The van der Waals surface area contributed by atoms with E-state index >= 15 is 0 Å². The van der Waals surface area contributed by atoms with Gasteiger partial charge in [-0.25, -0.2) is 8.42 Å². The molecule has 2 N–H and O–H groups in total. The van der Waals surface area contributed by atoms with Crippen LogP contribution in [0.2, 0.25) is 5.02 Å². The van der Waals surface area contributed by atoms with Crippen LogP contribution in [0.15, 0.2) is 53.4 Å². The monoisotopic (exact) mass is 368 g/mol. The molecule has 7 heteroatoms. The molecule has 23 heavy (non-hydrogen) atoms. The van der Waals surface area contributed by atoms with Crippen LogP contribution in [0.4, 0.5) is 5.69 Å². The molecule has 0 aliphatic heterocycles. The summed E-state index contributed by atoms with van der Waals surface area (Å²) >= 11 is 11.1. The largest absolute Gasteiger partial charge is 0.356 e. The average Bonchev–Trinajstić information content (AvgIpc) is 2.49. The molecule has 0 saturated heterocycles. The molecule has 0 aliphatic carbocycles. The van der Waals surface area contributed by atoms with E-state index in [0.29, 0.717) is 15.0 Å². The Balaban J connectivity index is 1.99. The summed E-state index contributed by atoms with van der Waals surface area (Å²) < 4.78 is 22.9. The molecule has 0 spiro atoms. The van der Waals surface area contributed by atoms with Crippen molar-refractivity contribution in [1.82, 2.24) is 5.32 Å². The van der Waals surface area contributed by atoms with E-state index in [1.807, 2.05) is 19.1 Å². The quantitative estimate of drug-likeness (QED) is 0.804. The molecule has 0 amide bonds. The van der Waals surface area contributed by atoms with E-state index in [4.69, 9.17) is 23.8 Å². The lowest BCUT2D eigenvalue weighted by Gasteiger charge is -2.17. The normalized spacial score (nSPS) is 12.5. The number of anilines is 1. The SMILES string of the molecule is C[C@@H](NC(=S)Nc1ccc(Cl)cc1)c1ccc(S(C)(=O)=O)cc1. The second-order valence-corrected chi connectivity index (χ2v) is 8.03. The predicted octanol–water partition coefficient (Wildman–Crippen LogP) is 3.79. The number of sulfone groups is 1. The highest BCUT2D eigenvalue weighted by Gasteiger charge is 2.10. The van der Waals surface area contributed by atoms with Crippen molar-refractivity contribution in [3.63, 3.8) is 0 Å². The summed E-state index contributed by atoms with van der Waals surface area (Å²) in [6, 6.07) is 13.9. The van der Waals surface area contributed by atoms with Gasteiger partial charge in [0.25, 0.3) is 0 Å². The van der Waals surface area contributed by atoms with Gasteiger partial charge in [-0.15, -0.1) is 0 Å². The summed E-state index contributed by atoms with van der Waals surface area (Å²) in [7, 11) is -3.18. The summed E-state index contributed by atoms with van der Waals surface area (Å²) in [5.74, 6) is 0. The van der Waals surface area contributed by atoms with E-state index in [9.17, 15) is 8.42 Å². The summed E-state index contributed by atoms with van der Waals surface area (Å²) in [6.45, 7) is 1.95. The van der Waals surface area contributed by atoms with Gasteiger partial charge in [0, 0.05) is 17.0 Å². The topological polar surface area (TPSA) is 58.2 Å². The number of hydrogen-bond donors (Lipinski definition) is 2. The molecule has 0 heterocycles. The molecule has 2 aromatic carbocycles. The third-order valence-corrected chi connectivity index (χ3v) is 4.86. The Labute approximate surface area is 146 Å². The zero-order valence-electron chi connectivity index (χ0n) is 12.7. The van der Waals surface area contributed by atoms with Gasteiger partial charge in [0.1, 0.15) is 0 Å². The highest BCUT2D eigenvalue weighted by molar-refractivity contribution is 7.90. The zero-order chi connectivity index (χ0) is 17.0. The fourth-order valence-electron chi connectivity index (χ4n) is 1.98. The molecule has 0 unspecified atom stereocenters. The van der Waals surface area contributed by atoms with Crippen molar-refractivity contribution >= 4 is 44.5 Å². The first kappa shape index (κ1) is 17.7. The molecule has 0 fully saturated rings. The standard InChI is InChI=1S/C16H17ClN2O2S2/c1-11(12-3-9-15(10-4-12)23(2,20)21)18-16(22)19-14-7-5-13(17)6-8-14/h3-11H,1-2H3,(H2,18,19,22)/t11-/m1/s1. The van der Waals surface area contributed by atoms with Gasteiger partial charge in [0.2, 0.25) is 0 Å². The lowest BCUT2D eigenvalue weighted by Crippen LogP contribution is -2.30. The van der Waals surface area contributed by atoms with E-state index in [1.165, 1.54) is 6.26 Å². The van der Waals surface area contributed by atoms with Crippen LogP contribution in [-0.2, 0) is 9.84 Å². The minimum absolute atomic E-state index is 0.0593. The van der Waals surface area contributed by atoms with Crippen LogP contribution in [-0.4, -0.2) is 19.8 Å². The van der Waals surface area contributed by atoms with E-state index in [-0.39, 0.29) is 6.04 Å². The van der Waals surface area contributed by atoms with Crippen molar-refractivity contribution in [2.24, 2.45) is 0 Å². The maximum Gasteiger partial charge on any atom is 0.175 e. The van der Waals surface area contributed by atoms with Gasteiger partial charge < -0.3 is 10.6 Å². The average molecular weight is 369 g/mol.